The molecule has 2 saturated carbocycles. The van der Waals surface area contributed by atoms with E-state index in [1.807, 2.05) is 0 Å². The van der Waals surface area contributed by atoms with Crippen LogP contribution in [0.2, 0.25) is 0 Å². The topological polar surface area (TPSA) is 52.6 Å². The SMILES string of the molecule is O=C(O)C1CCCC1CNC1CCN(C2CC2)C1. The van der Waals surface area contributed by atoms with Crippen LogP contribution in [0.15, 0.2) is 0 Å². The van der Waals surface area contributed by atoms with Gasteiger partial charge in [0, 0.05) is 25.2 Å². The van der Waals surface area contributed by atoms with Crippen LogP contribution in [0.1, 0.15) is 38.5 Å². The van der Waals surface area contributed by atoms with Crippen molar-refractivity contribution in [2.24, 2.45) is 11.8 Å². The van der Waals surface area contributed by atoms with Crippen LogP contribution < -0.4 is 5.32 Å². The van der Waals surface area contributed by atoms with Gasteiger partial charge in [0.05, 0.1) is 5.92 Å². The summed E-state index contributed by atoms with van der Waals surface area (Å²) in [6, 6.07) is 1.47. The van der Waals surface area contributed by atoms with Crippen LogP contribution in [0.3, 0.4) is 0 Å². The highest BCUT2D eigenvalue weighted by atomic mass is 16.4. The zero-order valence-electron chi connectivity index (χ0n) is 11.0. The number of carboxylic acid groups (broad SMARTS) is 1. The average Bonchev–Trinajstić information content (AvgIpc) is 2.92. The van der Waals surface area contributed by atoms with Crippen molar-refractivity contribution in [2.75, 3.05) is 19.6 Å². The van der Waals surface area contributed by atoms with Gasteiger partial charge in [-0.3, -0.25) is 9.69 Å². The summed E-state index contributed by atoms with van der Waals surface area (Å²) in [5.41, 5.74) is 0. The van der Waals surface area contributed by atoms with Gasteiger partial charge in [-0.05, 0) is 44.6 Å². The van der Waals surface area contributed by atoms with Crippen LogP contribution in [-0.4, -0.2) is 47.7 Å². The van der Waals surface area contributed by atoms with Crippen molar-refractivity contribution in [3.63, 3.8) is 0 Å². The van der Waals surface area contributed by atoms with Gasteiger partial charge in [0.2, 0.25) is 0 Å². The van der Waals surface area contributed by atoms with Crippen LogP contribution in [0.4, 0.5) is 0 Å². The Balaban J connectivity index is 1.42. The Morgan fingerprint density at radius 2 is 2.06 bits per heavy atom. The van der Waals surface area contributed by atoms with Crippen molar-refractivity contribution in [3.05, 3.63) is 0 Å². The molecule has 3 fully saturated rings. The maximum atomic E-state index is 11.1. The summed E-state index contributed by atoms with van der Waals surface area (Å²) in [6.45, 7) is 3.31. The van der Waals surface area contributed by atoms with E-state index in [1.165, 1.54) is 32.4 Å². The second kappa shape index (κ2) is 5.17. The highest BCUT2D eigenvalue weighted by Gasteiger charge is 2.36. The molecule has 2 aliphatic carbocycles. The van der Waals surface area contributed by atoms with Crippen LogP contribution in [-0.2, 0) is 4.79 Å². The van der Waals surface area contributed by atoms with Crippen molar-refractivity contribution in [2.45, 2.75) is 50.6 Å². The molecule has 4 nitrogen and oxygen atoms in total. The Morgan fingerprint density at radius 1 is 1.22 bits per heavy atom. The van der Waals surface area contributed by atoms with Gasteiger partial charge in [0.15, 0.2) is 0 Å². The van der Waals surface area contributed by atoms with Gasteiger partial charge < -0.3 is 10.4 Å². The maximum Gasteiger partial charge on any atom is 0.306 e. The minimum Gasteiger partial charge on any atom is -0.481 e. The maximum absolute atomic E-state index is 11.1. The lowest BCUT2D eigenvalue weighted by molar-refractivity contribution is -0.142. The van der Waals surface area contributed by atoms with Crippen molar-refractivity contribution < 1.29 is 9.90 Å². The third kappa shape index (κ3) is 2.69. The van der Waals surface area contributed by atoms with Crippen LogP contribution in [0.5, 0.6) is 0 Å². The molecule has 0 bridgehead atoms. The first-order chi connectivity index (χ1) is 8.74. The molecule has 18 heavy (non-hydrogen) atoms. The molecule has 4 heteroatoms. The summed E-state index contributed by atoms with van der Waals surface area (Å²) in [4.78, 5) is 13.7. The van der Waals surface area contributed by atoms with Gasteiger partial charge in [-0.25, -0.2) is 0 Å². The van der Waals surface area contributed by atoms with E-state index in [1.54, 1.807) is 0 Å². The Labute approximate surface area is 109 Å². The van der Waals surface area contributed by atoms with Gasteiger partial charge in [-0.2, -0.15) is 0 Å². The molecular formula is C14H24N2O2. The number of likely N-dealkylation sites (tertiary alicyclic amines) is 1. The lowest BCUT2D eigenvalue weighted by atomic mass is 9.96. The van der Waals surface area contributed by atoms with Crippen molar-refractivity contribution in [1.29, 1.82) is 0 Å². The predicted octanol–water partition coefficient (Wildman–Crippen LogP) is 1.31. The highest BCUT2D eigenvalue weighted by Crippen LogP contribution is 2.32. The highest BCUT2D eigenvalue weighted by molar-refractivity contribution is 5.70. The average molecular weight is 252 g/mol. The Hall–Kier alpha value is -0.610. The first-order valence-electron chi connectivity index (χ1n) is 7.44. The first kappa shape index (κ1) is 12.4. The van der Waals surface area contributed by atoms with E-state index in [4.69, 9.17) is 5.11 Å². The summed E-state index contributed by atoms with van der Waals surface area (Å²) in [6.07, 6.45) is 7.06. The minimum absolute atomic E-state index is 0.0987. The number of nitrogens with one attached hydrogen (secondary N) is 1. The lowest BCUT2D eigenvalue weighted by Gasteiger charge is -2.20. The van der Waals surface area contributed by atoms with E-state index < -0.39 is 5.97 Å². The monoisotopic (exact) mass is 252 g/mol. The Morgan fingerprint density at radius 3 is 2.78 bits per heavy atom. The summed E-state index contributed by atoms with van der Waals surface area (Å²) >= 11 is 0. The Kier molecular flexibility index (Phi) is 3.57. The summed E-state index contributed by atoms with van der Waals surface area (Å²) in [7, 11) is 0. The van der Waals surface area contributed by atoms with Gasteiger partial charge in [-0.15, -0.1) is 0 Å². The van der Waals surface area contributed by atoms with E-state index in [2.05, 4.69) is 10.2 Å². The molecule has 0 radical (unpaired) electrons. The molecule has 0 aromatic heterocycles. The molecule has 0 amide bonds. The fourth-order valence-corrected chi connectivity index (χ4v) is 3.65. The molecule has 3 rings (SSSR count). The normalized spacial score (nSPS) is 37.2. The molecule has 3 unspecified atom stereocenters. The van der Waals surface area contributed by atoms with Gasteiger partial charge >= 0.3 is 5.97 Å². The van der Waals surface area contributed by atoms with E-state index >= 15 is 0 Å². The van der Waals surface area contributed by atoms with Crippen LogP contribution >= 0.6 is 0 Å². The minimum atomic E-state index is -0.592. The van der Waals surface area contributed by atoms with Crippen molar-refractivity contribution >= 4 is 5.97 Å². The number of nitrogens with zero attached hydrogens (tertiary/aromatic N) is 1. The predicted molar refractivity (Wildman–Crippen MR) is 69.5 cm³/mol. The molecular weight excluding hydrogens is 228 g/mol. The fraction of sp³-hybridized carbons (Fsp3) is 0.929. The summed E-state index contributed by atoms with van der Waals surface area (Å²) in [5, 5.41) is 12.8. The second-order valence-electron chi connectivity index (χ2n) is 6.26. The Bertz CT molecular complexity index is 317. The van der Waals surface area contributed by atoms with Crippen molar-refractivity contribution in [1.82, 2.24) is 10.2 Å². The van der Waals surface area contributed by atoms with Crippen LogP contribution in [0.25, 0.3) is 0 Å². The zero-order valence-corrected chi connectivity index (χ0v) is 11.0. The fourth-order valence-electron chi connectivity index (χ4n) is 3.65. The smallest absolute Gasteiger partial charge is 0.306 e. The number of hydrogen-bond donors (Lipinski definition) is 2. The standard InChI is InChI=1S/C14H24N2O2/c17-14(18)13-3-1-2-10(13)8-15-11-6-7-16(9-11)12-4-5-12/h10-13,15H,1-9H2,(H,17,18). The molecule has 3 aliphatic rings. The third-order valence-electron chi connectivity index (χ3n) is 4.93. The summed E-state index contributed by atoms with van der Waals surface area (Å²) < 4.78 is 0. The number of carboxylic acids is 1. The van der Waals surface area contributed by atoms with Gasteiger partial charge in [0.1, 0.15) is 0 Å². The third-order valence-corrected chi connectivity index (χ3v) is 4.93. The van der Waals surface area contributed by atoms with E-state index in [-0.39, 0.29) is 5.92 Å². The van der Waals surface area contributed by atoms with E-state index in [0.29, 0.717) is 12.0 Å². The molecule has 3 atom stereocenters. The van der Waals surface area contributed by atoms with E-state index in [0.717, 1.165) is 31.8 Å². The lowest BCUT2D eigenvalue weighted by Crippen LogP contribution is -2.38. The molecule has 0 spiro atoms. The van der Waals surface area contributed by atoms with Gasteiger partial charge in [0.25, 0.3) is 0 Å². The molecule has 0 aromatic carbocycles. The quantitative estimate of drug-likeness (QED) is 0.775. The van der Waals surface area contributed by atoms with Crippen LogP contribution in [0, 0.1) is 11.8 Å². The molecule has 1 aliphatic heterocycles. The molecule has 2 N–H and O–H groups in total. The van der Waals surface area contributed by atoms with Gasteiger partial charge in [-0.1, -0.05) is 6.42 Å². The zero-order chi connectivity index (χ0) is 12.5. The number of aliphatic carboxylic acids is 1. The first-order valence-corrected chi connectivity index (χ1v) is 7.44. The largest absolute Gasteiger partial charge is 0.481 e. The molecule has 0 aromatic rings. The van der Waals surface area contributed by atoms with E-state index in [9.17, 15) is 4.79 Å². The molecule has 102 valence electrons. The number of hydrogen-bond acceptors (Lipinski definition) is 3. The number of rotatable bonds is 5. The number of carbonyl (C=O) groups is 1. The molecule has 1 heterocycles. The van der Waals surface area contributed by atoms with Crippen molar-refractivity contribution in [3.8, 4) is 0 Å². The molecule has 1 saturated heterocycles. The summed E-state index contributed by atoms with van der Waals surface area (Å²) in [5.74, 6) is -0.332. The second-order valence-corrected chi connectivity index (χ2v) is 6.26.